The maximum absolute atomic E-state index is 10.4. The number of hydrogen-bond acceptors (Lipinski definition) is 5. The summed E-state index contributed by atoms with van der Waals surface area (Å²) in [6, 6.07) is 0. The molecule has 0 saturated heterocycles. The molecule has 3 fully saturated rings. The van der Waals surface area contributed by atoms with E-state index in [1.165, 1.54) is 6.42 Å². The van der Waals surface area contributed by atoms with Crippen LogP contribution < -0.4 is 0 Å². The minimum Gasteiger partial charge on any atom is -0.479 e. The summed E-state index contributed by atoms with van der Waals surface area (Å²) in [6.07, 6.45) is 5.79. The van der Waals surface area contributed by atoms with Gasteiger partial charge >= 0.3 is 5.97 Å². The summed E-state index contributed by atoms with van der Waals surface area (Å²) in [4.78, 5) is 15.2. The molecule has 24 heavy (non-hydrogen) atoms. The van der Waals surface area contributed by atoms with Gasteiger partial charge in [0.2, 0.25) is 6.61 Å². The lowest BCUT2D eigenvalue weighted by Crippen LogP contribution is -2.36. The molecule has 5 unspecified atom stereocenters. The van der Waals surface area contributed by atoms with Gasteiger partial charge in [-0.2, -0.15) is 0 Å². The fourth-order valence-electron chi connectivity index (χ4n) is 4.23. The van der Waals surface area contributed by atoms with Crippen molar-refractivity contribution in [2.75, 3.05) is 6.61 Å². The molecular formula is C18H25NO5. The highest BCUT2D eigenvalue weighted by Gasteiger charge is 2.51. The molecule has 0 heterocycles. The Hall–Kier alpha value is -1.58. The molecule has 3 rings (SSSR count). The molecule has 5 atom stereocenters. The highest BCUT2D eigenvalue weighted by atomic mass is 16.6. The molecule has 3 aliphatic rings. The summed E-state index contributed by atoms with van der Waals surface area (Å²) in [6.45, 7) is -0.444. The molecule has 3 saturated carbocycles. The van der Waals surface area contributed by atoms with Crippen LogP contribution in [0.25, 0.3) is 0 Å². The first-order chi connectivity index (χ1) is 11.6. The smallest absolute Gasteiger partial charge is 0.344 e. The minimum atomic E-state index is -1.05. The maximum Gasteiger partial charge on any atom is 0.344 e. The van der Waals surface area contributed by atoms with Gasteiger partial charge in [-0.15, -0.1) is 0 Å². The summed E-state index contributed by atoms with van der Waals surface area (Å²) in [5, 5.41) is 32.9. The van der Waals surface area contributed by atoms with Crippen LogP contribution in [0.1, 0.15) is 44.9 Å². The molecule has 0 aliphatic heterocycles. The van der Waals surface area contributed by atoms with E-state index in [0.29, 0.717) is 12.8 Å². The van der Waals surface area contributed by atoms with Crippen molar-refractivity contribution in [1.82, 2.24) is 0 Å². The van der Waals surface area contributed by atoms with Gasteiger partial charge in [-0.1, -0.05) is 36.3 Å². The highest BCUT2D eigenvalue weighted by Crippen LogP contribution is 2.48. The number of fused-ring (bicyclic) bond motifs is 1. The van der Waals surface area contributed by atoms with Crippen molar-refractivity contribution >= 4 is 11.7 Å². The van der Waals surface area contributed by atoms with Crippen LogP contribution in [-0.4, -0.2) is 45.8 Å². The Kier molecular flexibility index (Phi) is 5.42. The maximum atomic E-state index is 10.4. The molecule has 132 valence electrons. The molecule has 0 aromatic carbocycles. The number of aliphatic hydroxyl groups is 2. The number of aliphatic carboxylic acids is 1. The first kappa shape index (κ1) is 17.2. The van der Waals surface area contributed by atoms with Crippen LogP contribution in [0.5, 0.6) is 0 Å². The van der Waals surface area contributed by atoms with E-state index in [4.69, 9.17) is 9.94 Å². The van der Waals surface area contributed by atoms with Crippen LogP contribution in [0.2, 0.25) is 0 Å². The molecule has 6 heteroatoms. The molecule has 0 aromatic rings. The third-order valence-corrected chi connectivity index (χ3v) is 5.62. The fourth-order valence-corrected chi connectivity index (χ4v) is 4.23. The van der Waals surface area contributed by atoms with Gasteiger partial charge < -0.3 is 20.2 Å². The Morgan fingerprint density at radius 3 is 2.79 bits per heavy atom. The van der Waals surface area contributed by atoms with Crippen LogP contribution in [-0.2, 0) is 9.63 Å². The van der Waals surface area contributed by atoms with E-state index < -0.39 is 24.8 Å². The molecule has 3 N–H and O–H groups in total. The van der Waals surface area contributed by atoms with Crippen molar-refractivity contribution in [2.45, 2.75) is 57.2 Å². The number of carboxylic acids is 1. The lowest BCUT2D eigenvalue weighted by Gasteiger charge is -2.33. The largest absolute Gasteiger partial charge is 0.479 e. The van der Waals surface area contributed by atoms with E-state index in [-0.39, 0.29) is 23.7 Å². The number of rotatable bonds is 4. The molecule has 0 amide bonds. The molecular weight excluding hydrogens is 310 g/mol. The number of carbonyl (C=O) groups is 1. The van der Waals surface area contributed by atoms with Crippen molar-refractivity contribution in [2.24, 2.45) is 28.8 Å². The second-order valence-electron chi connectivity index (χ2n) is 7.18. The Balaban J connectivity index is 1.55. The van der Waals surface area contributed by atoms with E-state index in [9.17, 15) is 15.0 Å². The lowest BCUT2D eigenvalue weighted by atomic mass is 9.71. The van der Waals surface area contributed by atoms with Gasteiger partial charge in [0.15, 0.2) is 0 Å². The normalized spacial score (nSPS) is 35.5. The first-order valence-electron chi connectivity index (χ1n) is 8.84. The quantitative estimate of drug-likeness (QED) is 0.533. The van der Waals surface area contributed by atoms with Gasteiger partial charge in [-0.25, -0.2) is 4.79 Å². The van der Waals surface area contributed by atoms with E-state index in [2.05, 4.69) is 17.0 Å². The van der Waals surface area contributed by atoms with Crippen LogP contribution in [0.4, 0.5) is 0 Å². The Morgan fingerprint density at radius 1 is 1.33 bits per heavy atom. The average molecular weight is 335 g/mol. The summed E-state index contributed by atoms with van der Waals surface area (Å²) in [7, 11) is 0. The van der Waals surface area contributed by atoms with Gasteiger partial charge in [-0.05, 0) is 37.5 Å². The zero-order valence-electron chi connectivity index (χ0n) is 13.7. The number of oxime groups is 1. The molecule has 0 aromatic heterocycles. The molecule has 6 nitrogen and oxygen atoms in total. The Morgan fingerprint density at radius 2 is 2.08 bits per heavy atom. The van der Waals surface area contributed by atoms with Gasteiger partial charge in [0, 0.05) is 5.92 Å². The predicted molar refractivity (Wildman–Crippen MR) is 87.1 cm³/mol. The van der Waals surface area contributed by atoms with E-state index in [0.717, 1.165) is 31.4 Å². The number of nitrogens with zero attached hydrogens (tertiary/aromatic N) is 1. The monoisotopic (exact) mass is 335 g/mol. The summed E-state index contributed by atoms with van der Waals surface area (Å²) >= 11 is 0. The topological polar surface area (TPSA) is 99.4 Å². The van der Waals surface area contributed by atoms with Crippen molar-refractivity contribution in [3.05, 3.63) is 0 Å². The summed E-state index contributed by atoms with van der Waals surface area (Å²) < 4.78 is 0. The van der Waals surface area contributed by atoms with Gasteiger partial charge in [0.25, 0.3) is 0 Å². The average Bonchev–Trinajstić information content (AvgIpc) is 2.81. The first-order valence-corrected chi connectivity index (χ1v) is 8.84. The molecule has 0 radical (unpaired) electrons. The van der Waals surface area contributed by atoms with Crippen molar-refractivity contribution in [3.8, 4) is 11.8 Å². The summed E-state index contributed by atoms with van der Waals surface area (Å²) in [5.74, 6) is 5.53. The standard InChI is InChI=1S/C18H25NO5/c20-16(11-4-2-1-3-5-11)7-6-12-13-8-15(14(13)9-17(12)21)19-24-10-18(22)23/h11-14,16-17,20-21H,1-5,8-10H2,(H,22,23). The van der Waals surface area contributed by atoms with E-state index in [1.807, 2.05) is 0 Å². The van der Waals surface area contributed by atoms with Gasteiger partial charge in [-0.3, -0.25) is 0 Å². The van der Waals surface area contributed by atoms with Gasteiger partial charge in [0.1, 0.15) is 6.10 Å². The molecule has 0 bridgehead atoms. The Labute approximate surface area is 141 Å². The second kappa shape index (κ2) is 7.54. The third-order valence-electron chi connectivity index (χ3n) is 5.62. The highest BCUT2D eigenvalue weighted by molar-refractivity contribution is 5.93. The van der Waals surface area contributed by atoms with Crippen LogP contribution in [0, 0.1) is 35.5 Å². The van der Waals surface area contributed by atoms with Crippen LogP contribution in [0.3, 0.4) is 0 Å². The molecule has 3 aliphatic carbocycles. The molecule has 0 spiro atoms. The minimum absolute atomic E-state index is 0.125. The van der Waals surface area contributed by atoms with Crippen LogP contribution >= 0.6 is 0 Å². The SMILES string of the molecule is O=C(O)CON=C1CC2C1CC(O)C2C#CC(O)C1CCCCC1. The van der Waals surface area contributed by atoms with Gasteiger partial charge in [0.05, 0.1) is 17.7 Å². The summed E-state index contributed by atoms with van der Waals surface area (Å²) in [5.41, 5.74) is 0.817. The number of hydrogen-bond donors (Lipinski definition) is 3. The second-order valence-corrected chi connectivity index (χ2v) is 7.18. The lowest BCUT2D eigenvalue weighted by molar-refractivity contribution is -0.142. The van der Waals surface area contributed by atoms with Crippen LogP contribution in [0.15, 0.2) is 5.16 Å². The zero-order chi connectivity index (χ0) is 17.1. The van der Waals surface area contributed by atoms with Crippen molar-refractivity contribution in [1.29, 1.82) is 0 Å². The third kappa shape index (κ3) is 3.73. The predicted octanol–water partition coefficient (Wildman–Crippen LogP) is 1.41. The number of aliphatic hydroxyl groups excluding tert-OH is 2. The van der Waals surface area contributed by atoms with E-state index in [1.54, 1.807) is 0 Å². The van der Waals surface area contributed by atoms with E-state index >= 15 is 0 Å². The zero-order valence-corrected chi connectivity index (χ0v) is 13.7. The Bertz CT molecular complexity index is 557. The van der Waals surface area contributed by atoms with Crippen molar-refractivity contribution < 1.29 is 25.0 Å². The van der Waals surface area contributed by atoms with Crippen molar-refractivity contribution in [3.63, 3.8) is 0 Å². The fraction of sp³-hybridized carbons (Fsp3) is 0.778. The number of carboxylic acid groups (broad SMARTS) is 1.